The van der Waals surface area contributed by atoms with Crippen molar-refractivity contribution < 1.29 is 89.4 Å². The summed E-state index contributed by atoms with van der Waals surface area (Å²) >= 11 is 0. The van der Waals surface area contributed by atoms with Crippen molar-refractivity contribution in [3.63, 3.8) is 0 Å². The monoisotopic (exact) mass is 1080 g/mol. The van der Waals surface area contributed by atoms with E-state index < -0.39 is 127 Å². The van der Waals surface area contributed by atoms with Crippen molar-refractivity contribution >= 4 is 124 Å². The van der Waals surface area contributed by atoms with Crippen molar-refractivity contribution in [3.05, 3.63) is 90.5 Å². The van der Waals surface area contributed by atoms with Gasteiger partial charge in [0.2, 0.25) is 0 Å². The number of phenols is 1. The number of azo groups is 2. The molecule has 7 rings (SSSR count). The molecule has 372 valence electrons. The zero-order chi connectivity index (χ0) is 52.3. The van der Waals surface area contributed by atoms with Crippen molar-refractivity contribution in [1.82, 2.24) is 5.43 Å². The number of ether oxygens (including phenoxy) is 1. The number of rotatable bonds is 15. The van der Waals surface area contributed by atoms with Crippen molar-refractivity contribution in [2.24, 2.45) is 25.6 Å². The number of aromatic hydroxyl groups is 1. The Hall–Kier alpha value is -7.44. The molecular weight excluding hydrogens is 1050 g/mol. The van der Waals surface area contributed by atoms with Gasteiger partial charge in [-0.2, -0.15) is 57.3 Å². The number of hydrogen-bond donors (Lipinski definition) is 9. The summed E-state index contributed by atoms with van der Waals surface area (Å²) < 4.78 is 175. The molecule has 1 unspecified atom stereocenters. The normalized spacial score (nSPS) is 15.0. The number of methoxy groups -OCH3 is 1. The molecule has 0 bridgehead atoms. The van der Waals surface area contributed by atoms with Crippen molar-refractivity contribution in [2.75, 3.05) is 17.5 Å². The Bertz CT molecular complexity index is 3980. The number of nitrogens with zero attached hydrogens (tertiary/aromatic N) is 6. The van der Waals surface area contributed by atoms with E-state index >= 15 is 0 Å². The second-order valence-corrected chi connectivity index (χ2v) is 21.7. The number of aliphatic carboxylic acids is 1. The van der Waals surface area contributed by atoms with Crippen LogP contribution in [0.3, 0.4) is 0 Å². The van der Waals surface area contributed by atoms with Crippen LogP contribution in [0.5, 0.6) is 11.5 Å². The van der Waals surface area contributed by atoms with Crippen LogP contribution in [0.4, 0.5) is 34.1 Å². The lowest BCUT2D eigenvalue weighted by molar-refractivity contribution is -0.130. The number of amides is 1. The third kappa shape index (κ3) is 10.7. The van der Waals surface area contributed by atoms with Gasteiger partial charge in [-0.15, -0.1) is 15.3 Å². The van der Waals surface area contributed by atoms with Crippen LogP contribution in [0, 0.1) is 6.92 Å². The Kier molecular flexibility index (Phi) is 13.3. The molecule has 6 aromatic carbocycles. The first kappa shape index (κ1) is 51.4. The molecule has 71 heavy (non-hydrogen) atoms. The average Bonchev–Trinajstić information content (AvgIpc) is 3.60. The predicted molar refractivity (Wildman–Crippen MR) is 244 cm³/mol. The predicted octanol–water partition coefficient (Wildman–Crippen LogP) is 4.85. The Morgan fingerprint density at radius 1 is 0.634 bits per heavy atom. The van der Waals surface area contributed by atoms with E-state index in [4.69, 9.17) is 4.74 Å². The smallest absolute Gasteiger partial charge is 0.354 e. The molecule has 1 atom stereocenters. The van der Waals surface area contributed by atoms with Gasteiger partial charge in [0.1, 0.15) is 37.5 Å². The maximum atomic E-state index is 13.3. The Morgan fingerprint density at radius 2 is 1.21 bits per heavy atom. The molecule has 0 aromatic heterocycles. The first-order chi connectivity index (χ1) is 32.9. The van der Waals surface area contributed by atoms with Crippen molar-refractivity contribution in [1.29, 1.82) is 0 Å². The molecule has 9 N–H and O–H groups in total. The number of carboxylic acids is 1. The fourth-order valence-corrected chi connectivity index (χ4v) is 9.89. The van der Waals surface area contributed by atoms with Crippen molar-refractivity contribution in [3.8, 4) is 11.5 Å². The van der Waals surface area contributed by atoms with E-state index in [9.17, 15) is 84.7 Å². The summed E-state index contributed by atoms with van der Waals surface area (Å²) in [5.74, 6) is -3.55. The number of hydrogen-bond acceptors (Lipinski definition) is 21. The number of benzene rings is 6. The number of phenolic OH excluding ortho intramolecular Hbond substituents is 1. The van der Waals surface area contributed by atoms with E-state index in [1.54, 1.807) is 0 Å². The third-order valence-corrected chi connectivity index (χ3v) is 14.4. The minimum atomic E-state index is -5.25. The van der Waals surface area contributed by atoms with Crippen LogP contribution in [0.15, 0.2) is 135 Å². The first-order valence-corrected chi connectivity index (χ1v) is 26.2. The van der Waals surface area contributed by atoms with Crippen LogP contribution in [-0.2, 0) is 60.2 Å². The van der Waals surface area contributed by atoms with Gasteiger partial charge in [-0.05, 0) is 102 Å². The number of fused-ring (bicyclic) bond motifs is 2. The fourth-order valence-electron chi connectivity index (χ4n) is 6.76. The molecule has 1 heterocycles. The minimum absolute atomic E-state index is 0.0467. The molecule has 28 nitrogen and oxygen atoms in total. The van der Waals surface area contributed by atoms with Gasteiger partial charge in [-0.3, -0.25) is 27.6 Å². The lowest BCUT2D eigenvalue weighted by Crippen LogP contribution is -2.48. The molecule has 33 heteroatoms. The fraction of sp³-hybridized carbons (Fsp3) is 0.0789. The van der Waals surface area contributed by atoms with Crippen LogP contribution in [0.25, 0.3) is 21.5 Å². The second-order valence-electron chi connectivity index (χ2n) is 14.7. The number of carbonyl (C=O) groups is 2. The minimum Gasteiger partial charge on any atom is -0.505 e. The lowest BCUT2D eigenvalue weighted by atomic mass is 10.1. The Labute approximate surface area is 399 Å². The molecular formula is C38H30N8O20S5. The maximum Gasteiger partial charge on any atom is 0.354 e. The third-order valence-electron chi connectivity index (χ3n) is 10.1. The zero-order valence-electron chi connectivity index (χ0n) is 35.3. The molecule has 0 radical (unpaired) electrons. The van der Waals surface area contributed by atoms with E-state index in [1.807, 2.05) is 0 Å². The molecule has 1 aliphatic rings. The number of nitrogens with one attached hydrogen (secondary N) is 2. The number of carbonyl (C=O) groups excluding carboxylic acids is 1. The Morgan fingerprint density at radius 3 is 1.79 bits per heavy atom. The first-order valence-electron chi connectivity index (χ1n) is 19.0. The van der Waals surface area contributed by atoms with Gasteiger partial charge in [0.05, 0.1) is 28.3 Å². The highest BCUT2D eigenvalue weighted by molar-refractivity contribution is 7.87. The van der Waals surface area contributed by atoms with E-state index in [0.29, 0.717) is 23.2 Å². The van der Waals surface area contributed by atoms with E-state index in [-0.39, 0.29) is 44.8 Å². The molecule has 0 aliphatic carbocycles. The topological polar surface area (TPSA) is 445 Å². The van der Waals surface area contributed by atoms with Crippen LogP contribution in [-0.4, -0.2) is 106 Å². The van der Waals surface area contributed by atoms with Crippen molar-refractivity contribution in [2.45, 2.75) is 37.4 Å². The average molecular weight is 1080 g/mol. The van der Waals surface area contributed by atoms with Gasteiger partial charge in [-0.25, -0.2) is 10.2 Å². The van der Waals surface area contributed by atoms with Gasteiger partial charge < -0.3 is 20.4 Å². The molecule has 1 aliphatic heterocycles. The number of carboxylic acid groups (broad SMARTS) is 1. The largest absolute Gasteiger partial charge is 0.505 e. The summed E-state index contributed by atoms with van der Waals surface area (Å²) in [6.07, 6.45) is 0. The number of hydrazine groups is 1. The summed E-state index contributed by atoms with van der Waals surface area (Å²) in [7, 11) is -24.2. The van der Waals surface area contributed by atoms with Crippen LogP contribution >= 0.6 is 0 Å². The Balaban J connectivity index is 1.19. The van der Waals surface area contributed by atoms with Gasteiger partial charge >= 0.3 is 5.97 Å². The maximum absolute atomic E-state index is 13.3. The number of anilines is 2. The van der Waals surface area contributed by atoms with E-state index in [1.165, 1.54) is 37.3 Å². The van der Waals surface area contributed by atoms with Crippen LogP contribution in [0.1, 0.15) is 5.56 Å². The molecule has 0 saturated heterocycles. The summed E-state index contributed by atoms with van der Waals surface area (Å²) in [4.78, 5) is 20.7. The van der Waals surface area contributed by atoms with E-state index in [0.717, 1.165) is 43.5 Å². The molecule has 1 amide bonds. The van der Waals surface area contributed by atoms with Crippen LogP contribution in [0.2, 0.25) is 0 Å². The summed E-state index contributed by atoms with van der Waals surface area (Å²) in [5.41, 5.74) is 2.78. The van der Waals surface area contributed by atoms with Gasteiger partial charge in [0, 0.05) is 22.5 Å². The summed E-state index contributed by atoms with van der Waals surface area (Å²) in [6.45, 7) is 1.42. The lowest BCUT2D eigenvalue weighted by Gasteiger charge is -2.17. The molecule has 0 saturated carbocycles. The number of hydrazone groups is 1. The SMILES string of the molecule is COc1cc(N=Nc2cc3c(S(=O)(=O)O)cc(S(=O)(=O)O)cc3cc2S(=O)(=O)O)c(C)cc1N=Nc1c(S(=O)(=O)O)cc2cc(NNC3C(=O)N(c4ccc(S(=O)(=O)O)cc4)N=C3C(=O)O)ccc2c1O. The van der Waals surface area contributed by atoms with Gasteiger partial charge in [0.15, 0.2) is 17.5 Å². The highest BCUT2D eigenvalue weighted by Crippen LogP contribution is 2.44. The number of aryl methyl sites for hydroxylation is 1. The van der Waals surface area contributed by atoms with E-state index in [2.05, 4.69) is 36.4 Å². The highest BCUT2D eigenvalue weighted by atomic mass is 32.2. The van der Waals surface area contributed by atoms with Gasteiger partial charge in [-0.1, -0.05) is 0 Å². The second kappa shape index (κ2) is 18.4. The zero-order valence-corrected chi connectivity index (χ0v) is 39.4. The standard InChI is InChI=1S/C38H30N8O20S5/c1-17-9-27(29(66-2)16-26(17)40-42-28-15-25-19(12-31(28)70(60,61)62)11-23(68(54,55)56)14-30(25)69(57,58)59)41-43-33-32(71(63,64)65)13-18-10-20(3-8-24(18)36(33)47)39-44-34-35(38(49)50)45-46(37(34)48)21-4-6-22(7-5-21)67(51,52)53/h3-16,34,39,44,47H,1-2H3,(H,49,50)(H,51,52,53)(H,54,55,56)(H,57,58,59)(H,60,61,62)(H,63,64,65). The molecule has 6 aromatic rings. The summed E-state index contributed by atoms with van der Waals surface area (Å²) in [5, 5.41) is 40.1. The highest BCUT2D eigenvalue weighted by Gasteiger charge is 2.41. The molecule has 0 spiro atoms. The van der Waals surface area contributed by atoms with Gasteiger partial charge in [0.25, 0.3) is 56.5 Å². The van der Waals surface area contributed by atoms with Crippen LogP contribution < -0.4 is 20.6 Å². The quantitative estimate of drug-likeness (QED) is 0.0377. The summed E-state index contributed by atoms with van der Waals surface area (Å²) in [6, 6.07) is 11.9. The molecule has 0 fully saturated rings.